The van der Waals surface area contributed by atoms with Crippen molar-refractivity contribution in [1.82, 2.24) is 10.3 Å². The van der Waals surface area contributed by atoms with Crippen molar-refractivity contribution >= 4 is 21.9 Å². The van der Waals surface area contributed by atoms with E-state index in [2.05, 4.69) is 15.6 Å². The van der Waals surface area contributed by atoms with Crippen LogP contribution in [-0.2, 0) is 10.0 Å². The molecule has 5 rings (SSSR count). The summed E-state index contributed by atoms with van der Waals surface area (Å²) in [6, 6.07) is 10.1. The number of aromatic nitrogens is 1. The van der Waals surface area contributed by atoms with Crippen molar-refractivity contribution in [2.24, 2.45) is 11.1 Å². The molecule has 3 aromatic rings. The molecule has 2 aliphatic rings. The Bertz CT molecular complexity index is 1420. The maximum absolute atomic E-state index is 14.4. The average molecular weight is 502 g/mol. The molecule has 35 heavy (non-hydrogen) atoms. The van der Waals surface area contributed by atoms with Crippen LogP contribution >= 0.6 is 0 Å². The number of fused-ring (bicyclic) bond motifs is 3. The van der Waals surface area contributed by atoms with Crippen LogP contribution in [0.5, 0.6) is 17.2 Å². The lowest BCUT2D eigenvalue weighted by molar-refractivity contribution is 0.240. The number of ether oxygens (including phenoxy) is 2. The molecule has 182 valence electrons. The molecule has 0 radical (unpaired) electrons. The Morgan fingerprint density at radius 1 is 1.11 bits per heavy atom. The Morgan fingerprint density at radius 3 is 2.46 bits per heavy atom. The number of nitrogens with one attached hydrogen (secondary N) is 2. The molecule has 2 amide bonds. The maximum Gasteiger partial charge on any atom is 0.320 e. The highest BCUT2D eigenvalue weighted by molar-refractivity contribution is 7.89. The van der Waals surface area contributed by atoms with E-state index in [0.717, 1.165) is 12.1 Å². The predicted octanol–water partition coefficient (Wildman–Crippen LogP) is 3.49. The summed E-state index contributed by atoms with van der Waals surface area (Å²) in [4.78, 5) is 16.7. The fraction of sp³-hybridized carbons (Fsp3) is 0.217. The van der Waals surface area contributed by atoms with Crippen LogP contribution in [-0.4, -0.2) is 31.6 Å². The van der Waals surface area contributed by atoms with Gasteiger partial charge in [-0.1, -0.05) is 0 Å². The summed E-state index contributed by atoms with van der Waals surface area (Å²) >= 11 is 0. The Labute approximate surface area is 199 Å². The predicted molar refractivity (Wildman–Crippen MR) is 121 cm³/mol. The zero-order valence-electron chi connectivity index (χ0n) is 18.3. The lowest BCUT2D eigenvalue weighted by Gasteiger charge is -2.17. The molecule has 1 aliphatic heterocycles. The molecule has 1 saturated carbocycles. The number of primary sulfonamides is 1. The molecule has 1 aliphatic carbocycles. The molecule has 3 atom stereocenters. The summed E-state index contributed by atoms with van der Waals surface area (Å²) in [7, 11) is -3.80. The molecule has 12 heteroatoms. The van der Waals surface area contributed by atoms with Crippen molar-refractivity contribution in [2.45, 2.75) is 23.3 Å². The Balaban J connectivity index is 1.22. The van der Waals surface area contributed by atoms with Gasteiger partial charge in [-0.15, -0.1) is 0 Å². The largest absolute Gasteiger partial charge is 0.490 e. The zero-order chi connectivity index (χ0) is 25.0. The number of hydrogen-bond donors (Lipinski definition) is 3. The minimum Gasteiger partial charge on any atom is -0.490 e. The molecule has 0 bridgehead atoms. The summed E-state index contributed by atoms with van der Waals surface area (Å²) in [6.45, 7) is 1.92. The Hall–Kier alpha value is -3.77. The third kappa shape index (κ3) is 4.26. The molecule has 2 aromatic carbocycles. The van der Waals surface area contributed by atoms with Crippen molar-refractivity contribution in [3.8, 4) is 17.2 Å². The number of rotatable bonds is 5. The zero-order valence-corrected chi connectivity index (χ0v) is 19.1. The SMILES string of the molecule is C[C@@]1(NC(=O)Nc2ccc(Oc3ccc(S(N)(=O)=O)cc3)cn2)C2COc3c(F)ccc(F)c3C21. The first-order valence-electron chi connectivity index (χ1n) is 10.5. The van der Waals surface area contributed by atoms with Gasteiger partial charge in [-0.25, -0.2) is 32.1 Å². The number of benzene rings is 2. The normalized spacial score (nSPS) is 22.3. The van der Waals surface area contributed by atoms with Crippen LogP contribution in [0.25, 0.3) is 0 Å². The molecule has 1 fully saturated rings. The molecule has 0 spiro atoms. The highest BCUT2D eigenvalue weighted by atomic mass is 32.2. The van der Waals surface area contributed by atoms with Crippen LogP contribution in [0.1, 0.15) is 18.4 Å². The highest BCUT2D eigenvalue weighted by Crippen LogP contribution is 2.62. The van der Waals surface area contributed by atoms with E-state index in [4.69, 9.17) is 14.6 Å². The van der Waals surface area contributed by atoms with Gasteiger partial charge in [0.05, 0.1) is 23.2 Å². The fourth-order valence-corrected chi connectivity index (χ4v) is 4.96. The number of hydrogen-bond acceptors (Lipinski definition) is 6. The summed E-state index contributed by atoms with van der Waals surface area (Å²) in [6.07, 6.45) is 1.38. The lowest BCUT2D eigenvalue weighted by atomic mass is 10.0. The van der Waals surface area contributed by atoms with Gasteiger partial charge in [-0.2, -0.15) is 0 Å². The quantitative estimate of drug-likeness (QED) is 0.489. The minimum absolute atomic E-state index is 0.0411. The van der Waals surface area contributed by atoms with Gasteiger partial charge >= 0.3 is 6.03 Å². The topological polar surface area (TPSA) is 133 Å². The molecule has 2 unspecified atom stereocenters. The second-order valence-corrected chi connectivity index (χ2v) is 10.1. The van der Waals surface area contributed by atoms with E-state index >= 15 is 0 Å². The van der Waals surface area contributed by atoms with Crippen molar-refractivity contribution in [3.05, 3.63) is 71.9 Å². The first kappa shape index (κ1) is 23.0. The van der Waals surface area contributed by atoms with Crippen LogP contribution in [0.3, 0.4) is 0 Å². The monoisotopic (exact) mass is 502 g/mol. The van der Waals surface area contributed by atoms with Crippen LogP contribution < -0.4 is 25.2 Å². The van der Waals surface area contributed by atoms with Gasteiger partial charge in [-0.05, 0) is 55.5 Å². The van der Waals surface area contributed by atoms with E-state index in [0.29, 0.717) is 11.5 Å². The van der Waals surface area contributed by atoms with Crippen molar-refractivity contribution in [3.63, 3.8) is 0 Å². The number of carbonyl (C=O) groups excluding carboxylic acids is 1. The number of anilines is 1. The number of urea groups is 1. The van der Waals surface area contributed by atoms with Crippen LogP contribution in [0.2, 0.25) is 0 Å². The van der Waals surface area contributed by atoms with Gasteiger partial charge < -0.3 is 14.8 Å². The molecule has 0 saturated heterocycles. The first-order valence-corrected chi connectivity index (χ1v) is 12.1. The number of nitrogens with zero attached hydrogens (tertiary/aromatic N) is 1. The number of carbonyl (C=O) groups is 1. The second kappa shape index (κ2) is 8.17. The van der Waals surface area contributed by atoms with E-state index in [1.165, 1.54) is 36.5 Å². The van der Waals surface area contributed by atoms with E-state index in [1.807, 2.05) is 0 Å². The average Bonchev–Trinajstić information content (AvgIpc) is 3.40. The van der Waals surface area contributed by atoms with Crippen molar-refractivity contribution in [1.29, 1.82) is 0 Å². The van der Waals surface area contributed by atoms with E-state index in [9.17, 15) is 22.0 Å². The van der Waals surface area contributed by atoms with Gasteiger partial charge in [-0.3, -0.25) is 5.32 Å². The molecule has 4 N–H and O–H groups in total. The van der Waals surface area contributed by atoms with Gasteiger partial charge in [0, 0.05) is 17.4 Å². The van der Waals surface area contributed by atoms with E-state index < -0.39 is 39.1 Å². The second-order valence-electron chi connectivity index (χ2n) is 8.53. The van der Waals surface area contributed by atoms with E-state index in [1.54, 1.807) is 13.0 Å². The Morgan fingerprint density at radius 2 is 1.80 bits per heavy atom. The molecule has 2 heterocycles. The van der Waals surface area contributed by atoms with Gasteiger partial charge in [0.2, 0.25) is 10.0 Å². The van der Waals surface area contributed by atoms with Crippen molar-refractivity contribution in [2.75, 3.05) is 11.9 Å². The maximum atomic E-state index is 14.4. The van der Waals surface area contributed by atoms with Crippen LogP contribution in [0, 0.1) is 17.6 Å². The summed E-state index contributed by atoms with van der Waals surface area (Å²) in [5, 5.41) is 10.5. The number of pyridine rings is 1. The third-order valence-electron chi connectivity index (χ3n) is 6.27. The molecular weight excluding hydrogens is 482 g/mol. The standard InChI is InChI=1S/C23H20F2N4O5S/c1-23(15-11-33-21-17(25)8-7-16(24)19(21)20(15)23)29-22(30)28-18-9-4-13(10-27-18)34-12-2-5-14(6-3-12)35(26,31)32/h2-10,15,20H,11H2,1H3,(H2,26,31,32)(H2,27,28,29,30)/t15?,20?,23-/m1/s1. The van der Waals surface area contributed by atoms with Crippen LogP contribution in [0.15, 0.2) is 59.6 Å². The summed E-state index contributed by atoms with van der Waals surface area (Å²) < 4.78 is 62.1. The highest BCUT2D eigenvalue weighted by Gasteiger charge is 2.66. The number of amides is 2. The minimum atomic E-state index is -3.80. The summed E-state index contributed by atoms with van der Waals surface area (Å²) in [5.41, 5.74) is -0.670. The summed E-state index contributed by atoms with van der Waals surface area (Å²) in [5.74, 6) is -0.949. The van der Waals surface area contributed by atoms with Gasteiger partial charge in [0.15, 0.2) is 11.6 Å². The van der Waals surface area contributed by atoms with E-state index in [-0.39, 0.29) is 34.6 Å². The number of halogens is 2. The smallest absolute Gasteiger partial charge is 0.320 e. The fourth-order valence-electron chi connectivity index (χ4n) is 4.44. The third-order valence-corrected chi connectivity index (χ3v) is 7.20. The number of nitrogens with two attached hydrogens (primary N) is 1. The Kier molecular flexibility index (Phi) is 5.37. The molecular formula is C23H20F2N4O5S. The van der Waals surface area contributed by atoms with Gasteiger partial charge in [0.1, 0.15) is 23.1 Å². The molecule has 9 nitrogen and oxygen atoms in total. The van der Waals surface area contributed by atoms with Crippen molar-refractivity contribution < 1.29 is 31.5 Å². The first-order chi connectivity index (χ1) is 16.6. The van der Waals surface area contributed by atoms with Gasteiger partial charge in [0.25, 0.3) is 0 Å². The number of sulfonamides is 1. The van der Waals surface area contributed by atoms with Crippen LogP contribution in [0.4, 0.5) is 19.4 Å². The lowest BCUT2D eigenvalue weighted by Crippen LogP contribution is -2.40. The molecule has 1 aromatic heterocycles.